The summed E-state index contributed by atoms with van der Waals surface area (Å²) in [5.41, 5.74) is 2.99. The van der Waals surface area contributed by atoms with Crippen molar-refractivity contribution in [3.8, 4) is 0 Å². The summed E-state index contributed by atoms with van der Waals surface area (Å²) in [7, 11) is 0. The molecule has 2 fully saturated rings. The molecule has 2 saturated heterocycles. The van der Waals surface area contributed by atoms with Crippen molar-refractivity contribution in [3.05, 3.63) is 74.5 Å². The average Bonchev–Trinajstić information content (AvgIpc) is 3.06. The fraction of sp³-hybridized carbons (Fsp3) is 0.360. The third-order valence-electron chi connectivity index (χ3n) is 6.63. The van der Waals surface area contributed by atoms with Crippen LogP contribution in [0.1, 0.15) is 35.6 Å². The Morgan fingerprint density at radius 3 is 2.64 bits per heavy atom. The van der Waals surface area contributed by atoms with Crippen LogP contribution in [0.15, 0.2) is 52.2 Å². The molecule has 1 aromatic heterocycles. The van der Waals surface area contributed by atoms with Gasteiger partial charge in [-0.15, -0.1) is 0 Å². The molecule has 5 rings (SSSR count). The van der Waals surface area contributed by atoms with E-state index in [1.54, 1.807) is 18.2 Å². The predicted molar refractivity (Wildman–Crippen MR) is 127 cm³/mol. The van der Waals surface area contributed by atoms with Gasteiger partial charge in [-0.05, 0) is 48.7 Å². The summed E-state index contributed by atoms with van der Waals surface area (Å²) in [5.74, 6) is -0.0138. The number of carbonyl (C=O) groups excluding carboxylic acids is 3. The van der Waals surface area contributed by atoms with Gasteiger partial charge in [0.05, 0.1) is 4.91 Å². The maximum atomic E-state index is 13.0. The summed E-state index contributed by atoms with van der Waals surface area (Å²) in [6.45, 7) is 3.86. The van der Waals surface area contributed by atoms with Crippen molar-refractivity contribution in [1.29, 1.82) is 0 Å². The van der Waals surface area contributed by atoms with Crippen molar-refractivity contribution < 1.29 is 14.4 Å². The summed E-state index contributed by atoms with van der Waals surface area (Å²) >= 11 is 0.917. The van der Waals surface area contributed by atoms with Gasteiger partial charge in [0.2, 0.25) is 5.91 Å². The number of thioether (sulfide) groups is 1. The van der Waals surface area contributed by atoms with Crippen LogP contribution in [0.5, 0.6) is 0 Å². The van der Waals surface area contributed by atoms with E-state index in [4.69, 9.17) is 0 Å². The van der Waals surface area contributed by atoms with Gasteiger partial charge in [-0.25, -0.2) is 0 Å². The number of benzene rings is 1. The lowest BCUT2D eigenvalue weighted by Gasteiger charge is -2.42. The Hall–Kier alpha value is -3.13. The van der Waals surface area contributed by atoms with Crippen molar-refractivity contribution in [2.45, 2.75) is 32.2 Å². The molecule has 0 saturated carbocycles. The van der Waals surface area contributed by atoms with E-state index in [1.807, 2.05) is 46.7 Å². The van der Waals surface area contributed by atoms with E-state index in [2.05, 4.69) is 0 Å². The van der Waals surface area contributed by atoms with Crippen molar-refractivity contribution >= 4 is 34.9 Å². The number of likely N-dealkylation sites (tertiary alicyclic amines) is 1. The predicted octanol–water partition coefficient (Wildman–Crippen LogP) is 3.23. The van der Waals surface area contributed by atoms with Crippen LogP contribution in [0.3, 0.4) is 0 Å². The lowest BCUT2D eigenvalue weighted by Crippen LogP contribution is -2.49. The highest BCUT2D eigenvalue weighted by molar-refractivity contribution is 8.18. The highest BCUT2D eigenvalue weighted by atomic mass is 32.2. The molecular weight excluding hydrogens is 438 g/mol. The standard InChI is InChI=1S/C25H25N3O4S/c1-16-5-7-17(8-6-16)12-21-24(31)27(25(32)33-21)10-9-22(29)26-13-18-11-19(15-26)20-3-2-4-23(30)28(20)14-18/h2-8,12,18-19H,9-11,13-15H2,1H3/t18-,19-/m0/s1. The number of hydrogen-bond acceptors (Lipinski definition) is 5. The third kappa shape index (κ3) is 4.27. The van der Waals surface area contributed by atoms with Crippen LogP contribution in [-0.2, 0) is 16.1 Å². The van der Waals surface area contributed by atoms with Gasteiger partial charge in [0.25, 0.3) is 16.7 Å². The Morgan fingerprint density at radius 1 is 1.06 bits per heavy atom. The lowest BCUT2D eigenvalue weighted by atomic mass is 9.83. The van der Waals surface area contributed by atoms with Gasteiger partial charge in [-0.2, -0.15) is 0 Å². The molecule has 1 aromatic carbocycles. The maximum Gasteiger partial charge on any atom is 0.293 e. The SMILES string of the molecule is Cc1ccc(C=C2SC(=O)N(CCC(=O)N3C[C@@H]4C[C@@H](C3)c3cccc(=O)n3C4)C2=O)cc1. The fourth-order valence-corrected chi connectivity index (χ4v) is 5.84. The third-order valence-corrected chi connectivity index (χ3v) is 7.54. The number of rotatable bonds is 4. The van der Waals surface area contributed by atoms with E-state index in [-0.39, 0.29) is 47.4 Å². The minimum Gasteiger partial charge on any atom is -0.342 e. The van der Waals surface area contributed by atoms with Crippen molar-refractivity contribution in [2.24, 2.45) is 5.92 Å². The smallest absolute Gasteiger partial charge is 0.293 e. The van der Waals surface area contributed by atoms with Crippen LogP contribution in [0, 0.1) is 12.8 Å². The molecule has 3 amide bonds. The van der Waals surface area contributed by atoms with Crippen LogP contribution >= 0.6 is 11.8 Å². The van der Waals surface area contributed by atoms with Crippen LogP contribution in [0.25, 0.3) is 6.08 Å². The fourth-order valence-electron chi connectivity index (χ4n) is 4.97. The second kappa shape index (κ2) is 8.67. The molecule has 4 heterocycles. The second-order valence-corrected chi connectivity index (χ2v) is 9.98. The van der Waals surface area contributed by atoms with E-state index < -0.39 is 0 Å². The molecule has 0 aliphatic carbocycles. The first-order valence-electron chi connectivity index (χ1n) is 11.2. The van der Waals surface area contributed by atoms with Crippen LogP contribution in [-0.4, -0.2) is 51.1 Å². The highest BCUT2D eigenvalue weighted by Crippen LogP contribution is 2.36. The van der Waals surface area contributed by atoms with Gasteiger partial charge >= 0.3 is 0 Å². The molecule has 0 radical (unpaired) electrons. The Bertz CT molecular complexity index is 1220. The molecule has 3 aliphatic heterocycles. The zero-order valence-corrected chi connectivity index (χ0v) is 19.2. The Morgan fingerprint density at radius 2 is 1.85 bits per heavy atom. The first kappa shape index (κ1) is 21.7. The van der Waals surface area contributed by atoms with E-state index in [9.17, 15) is 19.2 Å². The second-order valence-electron chi connectivity index (χ2n) is 8.99. The zero-order chi connectivity index (χ0) is 23.1. The molecular formula is C25H25N3O4S. The summed E-state index contributed by atoms with van der Waals surface area (Å²) in [6.07, 6.45) is 2.80. The number of fused-ring (bicyclic) bond motifs is 4. The number of pyridine rings is 1. The highest BCUT2D eigenvalue weighted by Gasteiger charge is 2.38. The molecule has 0 unspecified atom stereocenters. The van der Waals surface area contributed by atoms with E-state index in [0.717, 1.165) is 35.0 Å². The Kier molecular flexibility index (Phi) is 5.70. The topological polar surface area (TPSA) is 79.7 Å². The van der Waals surface area contributed by atoms with Crippen LogP contribution < -0.4 is 5.56 Å². The minimum atomic E-state index is -0.345. The normalized spacial score (nSPS) is 23.2. The number of imide groups is 1. The number of amides is 3. The molecule has 2 atom stereocenters. The number of hydrogen-bond donors (Lipinski definition) is 0. The molecule has 170 valence electrons. The van der Waals surface area contributed by atoms with Crippen molar-refractivity contribution in [1.82, 2.24) is 14.4 Å². The molecule has 0 spiro atoms. The van der Waals surface area contributed by atoms with Crippen LogP contribution in [0.2, 0.25) is 0 Å². The Balaban J connectivity index is 1.22. The Labute approximate surface area is 196 Å². The number of aryl methyl sites for hydroxylation is 1. The minimum absolute atomic E-state index is 0.0139. The number of carbonyl (C=O) groups is 3. The van der Waals surface area contributed by atoms with Gasteiger partial charge in [-0.3, -0.25) is 24.1 Å². The number of aromatic nitrogens is 1. The van der Waals surface area contributed by atoms with Gasteiger partial charge in [0.1, 0.15) is 0 Å². The van der Waals surface area contributed by atoms with Gasteiger partial charge in [0, 0.05) is 50.3 Å². The summed E-state index contributed by atoms with van der Waals surface area (Å²) in [4.78, 5) is 53.7. The van der Waals surface area contributed by atoms with Gasteiger partial charge in [-0.1, -0.05) is 35.9 Å². The molecule has 2 aromatic rings. The summed E-state index contributed by atoms with van der Waals surface area (Å²) in [5, 5.41) is -0.338. The van der Waals surface area contributed by atoms with Gasteiger partial charge < -0.3 is 9.47 Å². The first-order chi connectivity index (χ1) is 15.9. The number of piperidine rings is 1. The molecule has 0 N–H and O–H groups in total. The zero-order valence-electron chi connectivity index (χ0n) is 18.4. The van der Waals surface area contributed by atoms with Gasteiger partial charge in [0.15, 0.2) is 0 Å². The molecule has 8 heteroatoms. The number of nitrogens with zero attached hydrogens (tertiary/aromatic N) is 3. The lowest BCUT2D eigenvalue weighted by molar-refractivity contribution is -0.134. The van der Waals surface area contributed by atoms with Crippen molar-refractivity contribution in [3.63, 3.8) is 0 Å². The molecule has 7 nitrogen and oxygen atoms in total. The summed E-state index contributed by atoms with van der Waals surface area (Å²) in [6, 6.07) is 13.1. The van der Waals surface area contributed by atoms with E-state index in [1.165, 1.54) is 4.90 Å². The average molecular weight is 464 g/mol. The summed E-state index contributed by atoms with van der Waals surface area (Å²) < 4.78 is 1.83. The monoisotopic (exact) mass is 463 g/mol. The largest absolute Gasteiger partial charge is 0.342 e. The van der Waals surface area contributed by atoms with E-state index >= 15 is 0 Å². The maximum absolute atomic E-state index is 13.0. The van der Waals surface area contributed by atoms with Crippen LogP contribution in [0.4, 0.5) is 4.79 Å². The molecule has 2 bridgehead atoms. The van der Waals surface area contributed by atoms with E-state index in [0.29, 0.717) is 24.5 Å². The molecule has 33 heavy (non-hydrogen) atoms. The molecule has 3 aliphatic rings. The quantitative estimate of drug-likeness (QED) is 0.651. The first-order valence-corrected chi connectivity index (χ1v) is 12.0. The van der Waals surface area contributed by atoms with Crippen molar-refractivity contribution in [2.75, 3.05) is 19.6 Å².